The molecule has 2 heterocycles. The molecule has 1 atom stereocenters. The van der Waals surface area contributed by atoms with Gasteiger partial charge in [0.2, 0.25) is 0 Å². The zero-order chi connectivity index (χ0) is 39.8. The van der Waals surface area contributed by atoms with E-state index >= 15 is 0 Å². The van der Waals surface area contributed by atoms with Crippen LogP contribution in [0.4, 0.5) is 0 Å². The van der Waals surface area contributed by atoms with Crippen LogP contribution in [0.2, 0.25) is 0 Å². The quantitative estimate of drug-likeness (QED) is 0.0447. The van der Waals surface area contributed by atoms with Crippen molar-refractivity contribution in [2.24, 2.45) is 5.92 Å². The fourth-order valence-electron chi connectivity index (χ4n) is 5.89. The summed E-state index contributed by atoms with van der Waals surface area (Å²) in [5, 5.41) is 0. The third-order valence-corrected chi connectivity index (χ3v) is 9.26. The van der Waals surface area contributed by atoms with Crippen LogP contribution in [0.3, 0.4) is 0 Å². The standard InChI is InChI=1S/C47H48N4O6/c1-4-6-8-26-54-40-18-14-36(15-19-40)45-48-29-38(30-49-45)34-10-22-42(23-11-34)56-44(52)28-33(3)47(53)57-43-24-12-35(13-25-43)39-31-50-46(51-32-39)37-16-20-41(21-17-37)55-27-9-7-5-2/h10-25,29-33H,4-9,26-28H2,1-3H3. The highest BCUT2D eigenvalue weighted by Crippen LogP contribution is 2.27. The van der Waals surface area contributed by atoms with Crippen LogP contribution in [-0.4, -0.2) is 45.1 Å². The summed E-state index contributed by atoms with van der Waals surface area (Å²) >= 11 is 0. The summed E-state index contributed by atoms with van der Waals surface area (Å²) in [5.74, 6) is 1.84. The highest BCUT2D eigenvalue weighted by molar-refractivity contribution is 5.82. The molecule has 0 saturated heterocycles. The molecule has 0 amide bonds. The molecular weight excluding hydrogens is 717 g/mol. The second-order valence-electron chi connectivity index (χ2n) is 13.8. The monoisotopic (exact) mass is 764 g/mol. The molecule has 10 nitrogen and oxygen atoms in total. The Labute approximate surface area is 334 Å². The summed E-state index contributed by atoms with van der Waals surface area (Å²) in [5.41, 5.74) is 5.18. The van der Waals surface area contributed by atoms with Crippen molar-refractivity contribution in [1.29, 1.82) is 0 Å². The molecule has 0 N–H and O–H groups in total. The number of carbonyl (C=O) groups is 2. The van der Waals surface area contributed by atoms with E-state index in [0.29, 0.717) is 36.4 Å². The average molecular weight is 765 g/mol. The number of hydrogen-bond acceptors (Lipinski definition) is 10. The minimum absolute atomic E-state index is 0.141. The Morgan fingerprint density at radius 1 is 0.474 bits per heavy atom. The Hall–Kier alpha value is -6.42. The summed E-state index contributed by atoms with van der Waals surface area (Å²) in [4.78, 5) is 43.7. The van der Waals surface area contributed by atoms with E-state index in [-0.39, 0.29) is 6.42 Å². The number of esters is 2. The lowest BCUT2D eigenvalue weighted by atomic mass is 10.1. The third kappa shape index (κ3) is 11.8. The number of aromatic nitrogens is 4. The molecule has 4 aromatic carbocycles. The van der Waals surface area contributed by atoms with Gasteiger partial charge in [0.05, 0.1) is 25.6 Å². The number of rotatable bonds is 19. The van der Waals surface area contributed by atoms with E-state index in [1.807, 2.05) is 72.8 Å². The van der Waals surface area contributed by atoms with Crippen LogP contribution in [0.15, 0.2) is 122 Å². The molecule has 0 aliphatic rings. The van der Waals surface area contributed by atoms with Crippen LogP contribution in [0.1, 0.15) is 65.7 Å². The molecule has 0 bridgehead atoms. The summed E-state index contributed by atoms with van der Waals surface area (Å²) in [6.45, 7) is 7.40. The molecule has 0 aliphatic heterocycles. The number of unbranched alkanes of at least 4 members (excludes halogenated alkanes) is 4. The molecule has 2 aromatic heterocycles. The van der Waals surface area contributed by atoms with Gasteiger partial charge >= 0.3 is 11.9 Å². The average Bonchev–Trinajstić information content (AvgIpc) is 3.25. The van der Waals surface area contributed by atoms with Crippen molar-refractivity contribution >= 4 is 11.9 Å². The van der Waals surface area contributed by atoms with Crippen molar-refractivity contribution < 1.29 is 28.5 Å². The van der Waals surface area contributed by atoms with Crippen molar-refractivity contribution in [2.75, 3.05) is 13.2 Å². The number of carbonyl (C=O) groups excluding carboxylic acids is 2. The number of ether oxygens (including phenoxy) is 4. The largest absolute Gasteiger partial charge is 0.494 e. The van der Waals surface area contributed by atoms with Gasteiger partial charge in [0.1, 0.15) is 23.0 Å². The van der Waals surface area contributed by atoms with Crippen molar-refractivity contribution in [1.82, 2.24) is 19.9 Å². The normalized spacial score (nSPS) is 11.4. The first-order valence-electron chi connectivity index (χ1n) is 19.6. The summed E-state index contributed by atoms with van der Waals surface area (Å²) in [7, 11) is 0. The van der Waals surface area contributed by atoms with E-state index in [2.05, 4.69) is 33.8 Å². The Balaban J connectivity index is 0.941. The molecule has 0 saturated carbocycles. The second kappa shape index (κ2) is 20.5. The van der Waals surface area contributed by atoms with Gasteiger partial charge in [-0.05, 0) is 96.8 Å². The van der Waals surface area contributed by atoms with Gasteiger partial charge in [0, 0.05) is 47.0 Å². The maximum absolute atomic E-state index is 12.8. The van der Waals surface area contributed by atoms with E-state index in [9.17, 15) is 9.59 Å². The van der Waals surface area contributed by atoms with E-state index < -0.39 is 17.9 Å². The van der Waals surface area contributed by atoms with Crippen LogP contribution >= 0.6 is 0 Å². The van der Waals surface area contributed by atoms with Crippen LogP contribution < -0.4 is 18.9 Å². The van der Waals surface area contributed by atoms with Crippen LogP contribution in [0.25, 0.3) is 45.0 Å². The molecule has 6 aromatic rings. The predicted octanol–water partition coefficient (Wildman–Crippen LogP) is 10.6. The Morgan fingerprint density at radius 2 is 0.842 bits per heavy atom. The van der Waals surface area contributed by atoms with Crippen molar-refractivity contribution in [3.05, 3.63) is 122 Å². The van der Waals surface area contributed by atoms with Crippen LogP contribution in [-0.2, 0) is 9.59 Å². The number of hydrogen-bond donors (Lipinski definition) is 0. The maximum atomic E-state index is 12.8. The molecule has 0 spiro atoms. The molecule has 10 heteroatoms. The van der Waals surface area contributed by atoms with Crippen molar-refractivity contribution in [2.45, 2.75) is 65.7 Å². The van der Waals surface area contributed by atoms with Gasteiger partial charge in [-0.1, -0.05) is 70.7 Å². The van der Waals surface area contributed by atoms with Gasteiger partial charge in [-0.25, -0.2) is 19.9 Å². The first kappa shape index (κ1) is 40.2. The molecule has 0 fully saturated rings. The third-order valence-electron chi connectivity index (χ3n) is 9.26. The summed E-state index contributed by atoms with van der Waals surface area (Å²) in [6, 6.07) is 29.7. The molecule has 0 radical (unpaired) electrons. The first-order chi connectivity index (χ1) is 27.9. The fourth-order valence-corrected chi connectivity index (χ4v) is 5.89. The van der Waals surface area contributed by atoms with Gasteiger partial charge in [0.15, 0.2) is 11.6 Å². The summed E-state index contributed by atoms with van der Waals surface area (Å²) < 4.78 is 22.7. The molecule has 6 rings (SSSR count). The Kier molecular flexibility index (Phi) is 14.5. The van der Waals surface area contributed by atoms with Gasteiger partial charge in [-0.15, -0.1) is 0 Å². The topological polar surface area (TPSA) is 123 Å². The molecule has 1 unspecified atom stereocenters. The minimum Gasteiger partial charge on any atom is -0.494 e. The molecule has 57 heavy (non-hydrogen) atoms. The first-order valence-corrected chi connectivity index (χ1v) is 19.6. The minimum atomic E-state index is -0.718. The maximum Gasteiger partial charge on any atom is 0.314 e. The van der Waals surface area contributed by atoms with Gasteiger partial charge in [-0.3, -0.25) is 9.59 Å². The van der Waals surface area contributed by atoms with Crippen LogP contribution in [0.5, 0.6) is 23.0 Å². The lowest BCUT2D eigenvalue weighted by Gasteiger charge is -2.12. The Morgan fingerprint density at radius 3 is 1.25 bits per heavy atom. The van der Waals surface area contributed by atoms with E-state index in [0.717, 1.165) is 83.4 Å². The van der Waals surface area contributed by atoms with Gasteiger partial charge in [-0.2, -0.15) is 0 Å². The fraction of sp³-hybridized carbons (Fsp3) is 0.277. The zero-order valence-corrected chi connectivity index (χ0v) is 32.7. The van der Waals surface area contributed by atoms with Gasteiger partial charge in [0.25, 0.3) is 0 Å². The van der Waals surface area contributed by atoms with Crippen LogP contribution in [0, 0.1) is 5.92 Å². The zero-order valence-electron chi connectivity index (χ0n) is 32.7. The van der Waals surface area contributed by atoms with E-state index in [1.54, 1.807) is 56.0 Å². The smallest absolute Gasteiger partial charge is 0.314 e. The predicted molar refractivity (Wildman–Crippen MR) is 221 cm³/mol. The molecular formula is C47H48N4O6. The Bertz CT molecular complexity index is 2160. The lowest BCUT2D eigenvalue weighted by Crippen LogP contribution is -2.22. The van der Waals surface area contributed by atoms with E-state index in [1.165, 1.54) is 0 Å². The summed E-state index contributed by atoms with van der Waals surface area (Å²) in [6.07, 6.45) is 13.6. The van der Waals surface area contributed by atoms with Gasteiger partial charge < -0.3 is 18.9 Å². The lowest BCUT2D eigenvalue weighted by molar-refractivity contribution is -0.144. The van der Waals surface area contributed by atoms with Crippen molar-refractivity contribution in [3.8, 4) is 68.0 Å². The highest BCUT2D eigenvalue weighted by Gasteiger charge is 2.21. The molecule has 292 valence electrons. The number of nitrogens with zero attached hydrogens (tertiary/aromatic N) is 4. The highest BCUT2D eigenvalue weighted by atomic mass is 16.5. The SMILES string of the molecule is CCCCCOc1ccc(-c2ncc(-c3ccc(OC(=O)CC(C)C(=O)Oc4ccc(-c5cnc(-c6ccc(OCCCCC)cc6)nc5)cc4)cc3)cn2)cc1. The molecule has 0 aliphatic carbocycles. The second-order valence-corrected chi connectivity index (χ2v) is 13.8. The number of benzene rings is 4. The van der Waals surface area contributed by atoms with E-state index in [4.69, 9.17) is 18.9 Å². The van der Waals surface area contributed by atoms with Crippen molar-refractivity contribution in [3.63, 3.8) is 0 Å².